The maximum atomic E-state index is 13.0. The molecule has 2 aromatic carbocycles. The minimum atomic E-state index is -0.246. The molecule has 6 nitrogen and oxygen atoms in total. The molecule has 0 N–H and O–H groups in total. The van der Waals surface area contributed by atoms with Crippen LogP contribution in [0.1, 0.15) is 36.9 Å². The first-order valence-electron chi connectivity index (χ1n) is 10.9. The van der Waals surface area contributed by atoms with E-state index < -0.39 is 0 Å². The van der Waals surface area contributed by atoms with E-state index in [-0.39, 0.29) is 11.9 Å². The van der Waals surface area contributed by atoms with Gasteiger partial charge in [-0.1, -0.05) is 37.3 Å². The number of carbonyl (C=O) groups is 1. The zero-order valence-electron chi connectivity index (χ0n) is 18.5. The number of ether oxygens (including phenoxy) is 1. The molecular formula is C26H24N4O2S. The fourth-order valence-electron chi connectivity index (χ4n) is 4.16. The summed E-state index contributed by atoms with van der Waals surface area (Å²) in [6.07, 6.45) is 2.99. The van der Waals surface area contributed by atoms with Gasteiger partial charge in [0, 0.05) is 41.1 Å². The Bertz CT molecular complexity index is 1300. The molecule has 7 heteroatoms. The summed E-state index contributed by atoms with van der Waals surface area (Å²) < 4.78 is 7.45. The van der Waals surface area contributed by atoms with Crippen molar-refractivity contribution in [1.29, 1.82) is 0 Å². The third-order valence-corrected chi connectivity index (χ3v) is 6.49. The Morgan fingerprint density at radius 2 is 1.91 bits per heavy atom. The standard InChI is InChI=1S/C26H24N4O2S/c1-3-25(31)30-23(15-22(27-30)20-11-7-8-12-24(20)32-2)21-16-29(19-9-5-4-6-10-19)28-26(21)18-13-14-33-17-18/h4-14,16-17,23H,3,15H2,1-2H3/t23-/m1/s1. The summed E-state index contributed by atoms with van der Waals surface area (Å²) in [5.41, 5.74) is 5.60. The highest BCUT2D eigenvalue weighted by molar-refractivity contribution is 7.08. The molecule has 0 aliphatic carbocycles. The molecule has 0 radical (unpaired) electrons. The molecule has 166 valence electrons. The highest BCUT2D eigenvalue weighted by atomic mass is 32.1. The molecule has 3 heterocycles. The molecule has 2 aromatic heterocycles. The lowest BCUT2D eigenvalue weighted by Crippen LogP contribution is -2.26. The molecule has 0 saturated carbocycles. The van der Waals surface area contributed by atoms with Gasteiger partial charge in [0.15, 0.2) is 0 Å². The van der Waals surface area contributed by atoms with E-state index in [1.54, 1.807) is 23.5 Å². The first-order chi connectivity index (χ1) is 16.2. The zero-order valence-corrected chi connectivity index (χ0v) is 19.3. The van der Waals surface area contributed by atoms with Gasteiger partial charge in [0.2, 0.25) is 5.91 Å². The van der Waals surface area contributed by atoms with Gasteiger partial charge in [-0.3, -0.25) is 4.79 Å². The van der Waals surface area contributed by atoms with Crippen LogP contribution in [-0.4, -0.2) is 33.5 Å². The summed E-state index contributed by atoms with van der Waals surface area (Å²) in [6.45, 7) is 1.86. The summed E-state index contributed by atoms with van der Waals surface area (Å²) in [4.78, 5) is 13.0. The number of hydrogen-bond acceptors (Lipinski definition) is 5. The summed E-state index contributed by atoms with van der Waals surface area (Å²) in [6, 6.07) is 19.6. The fraction of sp³-hybridized carbons (Fsp3) is 0.192. The van der Waals surface area contributed by atoms with Gasteiger partial charge in [0.1, 0.15) is 5.75 Å². The van der Waals surface area contributed by atoms with Crippen LogP contribution in [-0.2, 0) is 4.79 Å². The number of carbonyl (C=O) groups excluding carboxylic acids is 1. The second-order valence-electron chi connectivity index (χ2n) is 7.78. The van der Waals surface area contributed by atoms with Crippen molar-refractivity contribution < 1.29 is 9.53 Å². The molecule has 4 aromatic rings. The number of hydrazone groups is 1. The molecule has 33 heavy (non-hydrogen) atoms. The monoisotopic (exact) mass is 456 g/mol. The van der Waals surface area contributed by atoms with Crippen LogP contribution >= 0.6 is 11.3 Å². The second-order valence-corrected chi connectivity index (χ2v) is 8.56. The van der Waals surface area contributed by atoms with Crippen molar-refractivity contribution in [1.82, 2.24) is 14.8 Å². The number of hydrogen-bond donors (Lipinski definition) is 0. The first kappa shape index (κ1) is 21.2. The number of thiophene rings is 1. The highest BCUT2D eigenvalue weighted by Gasteiger charge is 2.36. The van der Waals surface area contributed by atoms with Crippen molar-refractivity contribution in [3.8, 4) is 22.7 Å². The van der Waals surface area contributed by atoms with Crippen molar-refractivity contribution >= 4 is 23.0 Å². The number of amides is 1. The molecule has 0 fully saturated rings. The number of nitrogens with zero attached hydrogens (tertiary/aromatic N) is 4. The predicted octanol–water partition coefficient (Wildman–Crippen LogP) is 5.70. The maximum Gasteiger partial charge on any atom is 0.242 e. The number of aromatic nitrogens is 2. The Balaban J connectivity index is 1.61. The van der Waals surface area contributed by atoms with Crippen molar-refractivity contribution in [3.05, 3.63) is 88.7 Å². The van der Waals surface area contributed by atoms with Crippen molar-refractivity contribution in [3.63, 3.8) is 0 Å². The van der Waals surface area contributed by atoms with Gasteiger partial charge in [-0.15, -0.1) is 0 Å². The van der Waals surface area contributed by atoms with Crippen molar-refractivity contribution in [2.45, 2.75) is 25.8 Å². The van der Waals surface area contributed by atoms with Gasteiger partial charge in [0.25, 0.3) is 0 Å². The van der Waals surface area contributed by atoms with Crippen LogP contribution in [0.5, 0.6) is 5.75 Å². The lowest BCUT2D eigenvalue weighted by molar-refractivity contribution is -0.132. The molecule has 5 rings (SSSR count). The van der Waals surface area contributed by atoms with Crippen LogP contribution in [0.25, 0.3) is 16.9 Å². The number of para-hydroxylation sites is 2. The van der Waals surface area contributed by atoms with E-state index in [1.807, 2.05) is 77.8 Å². The van der Waals surface area contributed by atoms with E-state index in [0.717, 1.165) is 39.5 Å². The van der Waals surface area contributed by atoms with E-state index in [9.17, 15) is 4.79 Å². The number of benzene rings is 2. The zero-order chi connectivity index (χ0) is 22.8. The third kappa shape index (κ3) is 3.96. The lowest BCUT2D eigenvalue weighted by atomic mass is 9.96. The summed E-state index contributed by atoms with van der Waals surface area (Å²) >= 11 is 1.63. The maximum absolute atomic E-state index is 13.0. The largest absolute Gasteiger partial charge is 0.496 e. The van der Waals surface area contributed by atoms with Crippen LogP contribution < -0.4 is 4.74 Å². The van der Waals surface area contributed by atoms with Gasteiger partial charge < -0.3 is 4.74 Å². The highest BCUT2D eigenvalue weighted by Crippen LogP contribution is 2.40. The van der Waals surface area contributed by atoms with Crippen LogP contribution in [0.3, 0.4) is 0 Å². The van der Waals surface area contributed by atoms with Crippen molar-refractivity contribution in [2.75, 3.05) is 7.11 Å². The number of rotatable bonds is 6. The summed E-state index contributed by atoms with van der Waals surface area (Å²) in [7, 11) is 1.65. The van der Waals surface area contributed by atoms with Crippen molar-refractivity contribution in [2.24, 2.45) is 5.10 Å². The Hall–Kier alpha value is -3.71. The Morgan fingerprint density at radius 3 is 2.64 bits per heavy atom. The van der Waals surface area contributed by atoms with Gasteiger partial charge in [-0.05, 0) is 35.7 Å². The van der Waals surface area contributed by atoms with Gasteiger partial charge in [-0.25, -0.2) is 9.69 Å². The van der Waals surface area contributed by atoms with Crippen LogP contribution in [0.4, 0.5) is 0 Å². The summed E-state index contributed by atoms with van der Waals surface area (Å²) in [5, 5.41) is 15.5. The molecular weight excluding hydrogens is 432 g/mol. The molecule has 1 aliphatic rings. The molecule has 1 amide bonds. The Morgan fingerprint density at radius 1 is 1.12 bits per heavy atom. The fourth-order valence-corrected chi connectivity index (χ4v) is 4.80. The van der Waals surface area contributed by atoms with Gasteiger partial charge in [0.05, 0.1) is 30.2 Å². The quantitative estimate of drug-likeness (QED) is 0.374. The van der Waals surface area contributed by atoms with Crippen LogP contribution in [0.15, 0.2) is 82.7 Å². The topological polar surface area (TPSA) is 59.7 Å². The summed E-state index contributed by atoms with van der Waals surface area (Å²) in [5.74, 6) is 0.729. The molecule has 0 bridgehead atoms. The Labute approximate surface area is 196 Å². The van der Waals surface area contributed by atoms with E-state index in [2.05, 4.69) is 11.4 Å². The van der Waals surface area contributed by atoms with Crippen LogP contribution in [0.2, 0.25) is 0 Å². The van der Waals surface area contributed by atoms with Gasteiger partial charge in [-0.2, -0.15) is 21.5 Å². The predicted molar refractivity (Wildman–Crippen MR) is 131 cm³/mol. The average Bonchev–Trinajstić information content (AvgIpc) is 3.63. The minimum Gasteiger partial charge on any atom is -0.496 e. The SMILES string of the molecule is CCC(=O)N1N=C(c2ccccc2OC)C[C@@H]1c1cn(-c2ccccc2)nc1-c1ccsc1. The van der Waals surface area contributed by atoms with E-state index >= 15 is 0 Å². The minimum absolute atomic E-state index is 0.0198. The second kappa shape index (κ2) is 9.03. The lowest BCUT2D eigenvalue weighted by Gasteiger charge is -2.21. The molecule has 0 spiro atoms. The van der Waals surface area contributed by atoms with E-state index in [0.29, 0.717) is 12.8 Å². The molecule has 0 saturated heterocycles. The third-order valence-electron chi connectivity index (χ3n) is 5.80. The molecule has 1 aliphatic heterocycles. The normalized spacial score (nSPS) is 15.5. The molecule has 1 atom stereocenters. The van der Waals surface area contributed by atoms with E-state index in [4.69, 9.17) is 14.9 Å². The smallest absolute Gasteiger partial charge is 0.242 e. The first-order valence-corrected chi connectivity index (χ1v) is 11.8. The molecule has 0 unspecified atom stereocenters. The van der Waals surface area contributed by atoms with Gasteiger partial charge >= 0.3 is 0 Å². The average molecular weight is 457 g/mol. The van der Waals surface area contributed by atoms with E-state index in [1.165, 1.54) is 0 Å². The van der Waals surface area contributed by atoms with Crippen LogP contribution in [0, 0.1) is 0 Å². The Kier molecular flexibility index (Phi) is 5.79. The number of methoxy groups -OCH3 is 1.